The highest BCUT2D eigenvalue weighted by Gasteiger charge is 2.29. The van der Waals surface area contributed by atoms with Crippen LogP contribution in [0.5, 0.6) is 0 Å². The summed E-state index contributed by atoms with van der Waals surface area (Å²) in [6.07, 6.45) is 3.67. The van der Waals surface area contributed by atoms with Gasteiger partial charge >= 0.3 is 5.97 Å². The number of ether oxygens (including phenoxy) is 1. The molecule has 27 heavy (non-hydrogen) atoms. The Morgan fingerprint density at radius 2 is 1.56 bits per heavy atom. The fourth-order valence-electron chi connectivity index (χ4n) is 3.49. The van der Waals surface area contributed by atoms with Crippen LogP contribution in [-0.4, -0.2) is 28.1 Å². The van der Waals surface area contributed by atoms with E-state index < -0.39 is 10.1 Å². The van der Waals surface area contributed by atoms with Crippen molar-refractivity contribution in [2.75, 3.05) is 13.7 Å². The molecule has 0 atom stereocenters. The van der Waals surface area contributed by atoms with Crippen molar-refractivity contribution >= 4 is 16.1 Å². The fourth-order valence-corrected chi connectivity index (χ4v) is 4.39. The molecule has 1 aromatic carbocycles. The largest absolute Gasteiger partial charge is 0.469 e. The summed E-state index contributed by atoms with van der Waals surface area (Å²) in [4.78, 5) is 11.4. The smallest absolute Gasteiger partial charge is 0.305 e. The van der Waals surface area contributed by atoms with Crippen molar-refractivity contribution in [3.05, 3.63) is 29.8 Å². The molecule has 0 fully saturated rings. The number of benzene rings is 1. The molecule has 1 rings (SSSR count). The zero-order chi connectivity index (χ0) is 20.7. The third-order valence-electron chi connectivity index (χ3n) is 4.75. The van der Waals surface area contributed by atoms with Crippen LogP contribution in [0.1, 0.15) is 65.4 Å². The van der Waals surface area contributed by atoms with E-state index in [-0.39, 0.29) is 28.3 Å². The van der Waals surface area contributed by atoms with Gasteiger partial charge in [-0.2, -0.15) is 8.42 Å². The highest BCUT2D eigenvalue weighted by molar-refractivity contribution is 7.86. The minimum Gasteiger partial charge on any atom is -0.469 e. The van der Waals surface area contributed by atoms with E-state index in [0.29, 0.717) is 12.8 Å². The number of hydrogen-bond acceptors (Lipinski definition) is 5. The first-order valence-corrected chi connectivity index (χ1v) is 10.8. The molecule has 0 aliphatic carbocycles. The maximum Gasteiger partial charge on any atom is 0.305 e. The van der Waals surface area contributed by atoms with Crippen molar-refractivity contribution in [1.29, 1.82) is 0 Å². The van der Waals surface area contributed by atoms with Gasteiger partial charge < -0.3 is 4.74 Å². The van der Waals surface area contributed by atoms with Crippen molar-refractivity contribution in [3.8, 4) is 0 Å². The first-order chi connectivity index (χ1) is 12.4. The number of carbonyl (C=O) groups excluding carboxylic acids is 1. The summed E-state index contributed by atoms with van der Waals surface area (Å²) in [5, 5.41) is 0. The van der Waals surface area contributed by atoms with Crippen LogP contribution in [0.3, 0.4) is 0 Å². The minimum atomic E-state index is -3.72. The number of carbonyl (C=O) groups is 1. The summed E-state index contributed by atoms with van der Waals surface area (Å²) in [7, 11) is -2.32. The molecular weight excluding hydrogens is 364 g/mol. The second-order valence-electron chi connectivity index (χ2n) is 8.77. The third-order valence-corrected chi connectivity index (χ3v) is 6.07. The Morgan fingerprint density at radius 1 is 1.00 bits per heavy atom. The van der Waals surface area contributed by atoms with Crippen molar-refractivity contribution in [2.45, 2.75) is 71.6 Å². The van der Waals surface area contributed by atoms with Gasteiger partial charge in [0.15, 0.2) is 0 Å². The van der Waals surface area contributed by atoms with Crippen LogP contribution < -0.4 is 0 Å². The van der Waals surface area contributed by atoms with Crippen LogP contribution >= 0.6 is 0 Å². The molecule has 6 heteroatoms. The average Bonchev–Trinajstić information content (AvgIpc) is 2.53. The summed E-state index contributed by atoms with van der Waals surface area (Å²) in [5.74, 6) is -0.181. The molecule has 0 heterocycles. The van der Waals surface area contributed by atoms with Gasteiger partial charge in [0.2, 0.25) is 0 Å². The quantitative estimate of drug-likeness (QED) is 0.393. The van der Waals surface area contributed by atoms with Gasteiger partial charge in [-0.3, -0.25) is 8.98 Å². The number of rotatable bonds is 11. The van der Waals surface area contributed by atoms with Crippen LogP contribution in [0.25, 0.3) is 0 Å². The number of methoxy groups -OCH3 is 1. The van der Waals surface area contributed by atoms with Crippen LogP contribution in [-0.2, 0) is 23.8 Å². The van der Waals surface area contributed by atoms with Gasteiger partial charge in [-0.05, 0) is 55.6 Å². The predicted molar refractivity (Wildman–Crippen MR) is 107 cm³/mol. The zero-order valence-electron chi connectivity index (χ0n) is 17.5. The van der Waals surface area contributed by atoms with Gasteiger partial charge in [-0.25, -0.2) is 0 Å². The lowest BCUT2D eigenvalue weighted by molar-refractivity contribution is -0.140. The number of aryl methyl sites for hydroxylation is 1. The highest BCUT2D eigenvalue weighted by atomic mass is 32.2. The fraction of sp³-hybridized carbons (Fsp3) is 0.667. The summed E-state index contributed by atoms with van der Waals surface area (Å²) in [6.45, 7) is 10.7. The Hall–Kier alpha value is -1.40. The van der Waals surface area contributed by atoms with Crippen molar-refractivity contribution in [3.63, 3.8) is 0 Å². The second-order valence-corrected chi connectivity index (χ2v) is 10.4. The lowest BCUT2D eigenvalue weighted by Crippen LogP contribution is -2.25. The van der Waals surface area contributed by atoms with E-state index in [1.807, 2.05) is 6.92 Å². The summed E-state index contributed by atoms with van der Waals surface area (Å²) >= 11 is 0. The Labute approximate surface area is 164 Å². The molecule has 0 aromatic heterocycles. The van der Waals surface area contributed by atoms with Crippen LogP contribution in [0, 0.1) is 17.8 Å². The maximum atomic E-state index is 12.3. The van der Waals surface area contributed by atoms with Gasteiger partial charge in [-0.15, -0.1) is 0 Å². The molecule has 0 bridgehead atoms. The second kappa shape index (κ2) is 9.69. The van der Waals surface area contributed by atoms with Crippen LogP contribution in [0.2, 0.25) is 0 Å². The molecule has 0 unspecified atom stereocenters. The van der Waals surface area contributed by atoms with E-state index in [4.69, 9.17) is 4.18 Å². The van der Waals surface area contributed by atoms with Crippen molar-refractivity contribution in [2.24, 2.45) is 10.8 Å². The molecule has 0 aliphatic heterocycles. The molecule has 0 N–H and O–H groups in total. The molecule has 154 valence electrons. The summed E-state index contributed by atoms with van der Waals surface area (Å²) in [6, 6.07) is 6.66. The molecule has 0 aliphatic rings. The zero-order valence-corrected chi connectivity index (χ0v) is 18.3. The summed E-state index contributed by atoms with van der Waals surface area (Å²) in [5.41, 5.74) is 0.981. The van der Waals surface area contributed by atoms with E-state index in [1.54, 1.807) is 24.3 Å². The Morgan fingerprint density at radius 3 is 2.11 bits per heavy atom. The van der Waals surface area contributed by atoms with Gasteiger partial charge in [0.05, 0.1) is 18.6 Å². The Balaban J connectivity index is 2.52. The van der Waals surface area contributed by atoms with E-state index >= 15 is 0 Å². The van der Waals surface area contributed by atoms with E-state index in [0.717, 1.165) is 24.8 Å². The van der Waals surface area contributed by atoms with Crippen LogP contribution in [0.4, 0.5) is 0 Å². The van der Waals surface area contributed by atoms with Crippen LogP contribution in [0.15, 0.2) is 29.2 Å². The lowest BCUT2D eigenvalue weighted by Gasteiger charge is -2.35. The molecule has 0 amide bonds. The minimum absolute atomic E-state index is 0.0490. The third kappa shape index (κ3) is 8.89. The molecule has 5 nitrogen and oxygen atoms in total. The predicted octanol–water partition coefficient (Wildman–Crippen LogP) is 4.88. The lowest BCUT2D eigenvalue weighted by atomic mass is 9.71. The molecule has 0 spiro atoms. The van der Waals surface area contributed by atoms with Gasteiger partial charge in [-0.1, -0.05) is 45.4 Å². The Bertz CT molecular complexity index is 703. The maximum absolute atomic E-state index is 12.3. The topological polar surface area (TPSA) is 69.7 Å². The molecule has 0 saturated carbocycles. The monoisotopic (exact) mass is 398 g/mol. The van der Waals surface area contributed by atoms with Crippen molar-refractivity contribution < 1.29 is 22.1 Å². The Kier molecular flexibility index (Phi) is 8.48. The van der Waals surface area contributed by atoms with Crippen molar-refractivity contribution in [1.82, 2.24) is 0 Å². The molecule has 0 radical (unpaired) electrons. The standard InChI is InChI=1S/C21H34O5S/c1-17-9-11-18(12-10-17)27(23,24)26-15-14-21(4,5)16-20(2,3)13-7-8-19(22)25-6/h9-12H,7-8,13-16H2,1-6H3. The SMILES string of the molecule is COC(=O)CCCC(C)(C)CC(C)(C)CCOS(=O)(=O)c1ccc(C)cc1. The van der Waals surface area contributed by atoms with Gasteiger partial charge in [0.1, 0.15) is 0 Å². The number of hydrogen-bond donors (Lipinski definition) is 0. The molecule has 1 aromatic rings. The first-order valence-electron chi connectivity index (χ1n) is 9.40. The summed E-state index contributed by atoms with van der Waals surface area (Å²) < 4.78 is 34.5. The number of esters is 1. The van der Waals surface area contributed by atoms with Gasteiger partial charge in [0, 0.05) is 6.42 Å². The first kappa shape index (κ1) is 23.6. The molecular formula is C21H34O5S. The highest BCUT2D eigenvalue weighted by Crippen LogP contribution is 2.39. The normalized spacial score (nSPS) is 12.8. The van der Waals surface area contributed by atoms with E-state index in [1.165, 1.54) is 7.11 Å². The van der Waals surface area contributed by atoms with Gasteiger partial charge in [0.25, 0.3) is 10.1 Å². The van der Waals surface area contributed by atoms with E-state index in [9.17, 15) is 13.2 Å². The molecule has 0 saturated heterocycles. The average molecular weight is 399 g/mol. The van der Waals surface area contributed by atoms with E-state index in [2.05, 4.69) is 32.4 Å².